The summed E-state index contributed by atoms with van der Waals surface area (Å²) in [6.45, 7) is 3.61. The van der Waals surface area contributed by atoms with E-state index in [2.05, 4.69) is 34.9 Å². The summed E-state index contributed by atoms with van der Waals surface area (Å²) in [7, 11) is 2.10. The average Bonchev–Trinajstić information content (AvgIpc) is 2.98. The predicted molar refractivity (Wildman–Crippen MR) is 77.9 cm³/mol. The number of carbonyl (C=O) groups excluding carboxylic acids is 1. The third kappa shape index (κ3) is 2.85. The molecule has 2 aliphatic rings. The first-order chi connectivity index (χ1) is 9.74. The summed E-state index contributed by atoms with van der Waals surface area (Å²) in [4.78, 5) is 16.7. The molecule has 2 unspecified atom stereocenters. The smallest absolute Gasteiger partial charge is 0.241 e. The number of nitrogens with one attached hydrogen (secondary N) is 2. The van der Waals surface area contributed by atoms with E-state index in [9.17, 15) is 4.79 Å². The molecular formula is C15H22N4O. The van der Waals surface area contributed by atoms with E-state index >= 15 is 0 Å². The molecule has 0 aliphatic carbocycles. The van der Waals surface area contributed by atoms with E-state index in [0.29, 0.717) is 0 Å². The van der Waals surface area contributed by atoms with Crippen LogP contribution >= 0.6 is 0 Å². The zero-order valence-electron chi connectivity index (χ0n) is 11.9. The van der Waals surface area contributed by atoms with Gasteiger partial charge in [0, 0.05) is 32.2 Å². The summed E-state index contributed by atoms with van der Waals surface area (Å²) in [5.74, 6) is 0.226. The van der Waals surface area contributed by atoms with E-state index < -0.39 is 0 Å². The third-order valence-electron chi connectivity index (χ3n) is 4.22. The minimum Gasteiger partial charge on any atom is -0.339 e. The van der Waals surface area contributed by atoms with Crippen molar-refractivity contribution < 1.29 is 4.79 Å². The van der Waals surface area contributed by atoms with Crippen molar-refractivity contribution in [3.63, 3.8) is 0 Å². The molecule has 0 spiro atoms. The molecule has 0 saturated carbocycles. The van der Waals surface area contributed by atoms with Gasteiger partial charge in [-0.1, -0.05) is 30.3 Å². The fourth-order valence-electron chi connectivity index (χ4n) is 2.87. The van der Waals surface area contributed by atoms with E-state index in [4.69, 9.17) is 0 Å². The molecule has 2 fully saturated rings. The summed E-state index contributed by atoms with van der Waals surface area (Å²) in [6.07, 6.45) is 0.815. The van der Waals surface area contributed by atoms with Crippen LogP contribution in [0.2, 0.25) is 0 Å². The average molecular weight is 274 g/mol. The normalized spacial score (nSPS) is 27.8. The number of hydrogen-bond donors (Lipinski definition) is 2. The fraction of sp³-hybridized carbons (Fsp3) is 0.533. The van der Waals surface area contributed by atoms with E-state index in [1.807, 2.05) is 23.1 Å². The monoisotopic (exact) mass is 274 g/mol. The highest BCUT2D eigenvalue weighted by Crippen LogP contribution is 2.22. The molecule has 1 aromatic rings. The van der Waals surface area contributed by atoms with Gasteiger partial charge in [-0.25, -0.2) is 10.9 Å². The Morgan fingerprint density at radius 2 is 1.80 bits per heavy atom. The van der Waals surface area contributed by atoms with E-state index in [0.717, 1.165) is 32.6 Å². The lowest BCUT2D eigenvalue weighted by Crippen LogP contribution is -2.52. The molecule has 2 saturated heterocycles. The van der Waals surface area contributed by atoms with Crippen molar-refractivity contribution in [1.82, 2.24) is 20.7 Å². The molecule has 5 nitrogen and oxygen atoms in total. The van der Waals surface area contributed by atoms with Gasteiger partial charge in [0.1, 0.15) is 6.04 Å². The highest BCUT2D eigenvalue weighted by atomic mass is 16.2. The number of benzene rings is 1. The molecule has 2 atom stereocenters. The number of hydrazine groups is 1. The summed E-state index contributed by atoms with van der Waals surface area (Å²) >= 11 is 0. The quantitative estimate of drug-likeness (QED) is 0.818. The Hall–Kier alpha value is -1.43. The predicted octanol–water partition coefficient (Wildman–Crippen LogP) is 0.368. The van der Waals surface area contributed by atoms with Crippen LogP contribution in [-0.2, 0) is 4.79 Å². The summed E-state index contributed by atoms with van der Waals surface area (Å²) in [6, 6.07) is 10.4. The Balaban J connectivity index is 1.58. The summed E-state index contributed by atoms with van der Waals surface area (Å²) in [5, 5.41) is 0. The van der Waals surface area contributed by atoms with E-state index in [1.165, 1.54) is 5.56 Å². The van der Waals surface area contributed by atoms with E-state index in [-0.39, 0.29) is 18.0 Å². The van der Waals surface area contributed by atoms with Crippen molar-refractivity contribution in [1.29, 1.82) is 0 Å². The molecule has 0 bridgehead atoms. The minimum absolute atomic E-state index is 0.108. The van der Waals surface area contributed by atoms with Crippen molar-refractivity contribution in [3.05, 3.63) is 35.9 Å². The molecule has 1 amide bonds. The first-order valence-electron chi connectivity index (χ1n) is 7.27. The molecule has 20 heavy (non-hydrogen) atoms. The van der Waals surface area contributed by atoms with Crippen molar-refractivity contribution in [3.8, 4) is 0 Å². The van der Waals surface area contributed by atoms with Crippen LogP contribution in [0.5, 0.6) is 0 Å². The van der Waals surface area contributed by atoms with Gasteiger partial charge >= 0.3 is 0 Å². The van der Waals surface area contributed by atoms with Gasteiger partial charge in [0.2, 0.25) is 5.91 Å². The van der Waals surface area contributed by atoms with Gasteiger partial charge < -0.3 is 9.80 Å². The third-order valence-corrected chi connectivity index (χ3v) is 4.22. The van der Waals surface area contributed by atoms with Gasteiger partial charge in [-0.05, 0) is 19.0 Å². The second-order valence-corrected chi connectivity index (χ2v) is 5.67. The SMILES string of the molecule is CN1CCN(C(=O)C2CC(c3ccccc3)NN2)CC1. The van der Waals surface area contributed by atoms with Gasteiger partial charge in [-0.15, -0.1) is 0 Å². The van der Waals surface area contributed by atoms with Gasteiger partial charge in [-0.2, -0.15) is 0 Å². The number of nitrogens with zero attached hydrogens (tertiary/aromatic N) is 2. The van der Waals surface area contributed by atoms with Crippen molar-refractivity contribution >= 4 is 5.91 Å². The highest BCUT2D eigenvalue weighted by molar-refractivity contribution is 5.82. The van der Waals surface area contributed by atoms with Gasteiger partial charge in [0.05, 0.1) is 0 Å². The highest BCUT2D eigenvalue weighted by Gasteiger charge is 2.33. The van der Waals surface area contributed by atoms with Crippen LogP contribution in [0.1, 0.15) is 18.0 Å². The number of rotatable bonds is 2. The zero-order valence-corrected chi connectivity index (χ0v) is 11.9. The zero-order chi connectivity index (χ0) is 13.9. The van der Waals surface area contributed by atoms with Crippen LogP contribution in [0.3, 0.4) is 0 Å². The minimum atomic E-state index is -0.108. The van der Waals surface area contributed by atoms with Crippen LogP contribution in [0.15, 0.2) is 30.3 Å². The summed E-state index contributed by atoms with van der Waals surface area (Å²) in [5.41, 5.74) is 7.63. The van der Waals surface area contributed by atoms with Gasteiger partial charge in [-0.3, -0.25) is 4.79 Å². The standard InChI is InChI=1S/C15H22N4O/c1-18-7-9-19(10-8-18)15(20)14-11-13(16-17-14)12-5-3-2-4-6-12/h2-6,13-14,16-17H,7-11H2,1H3. The van der Waals surface area contributed by atoms with E-state index in [1.54, 1.807) is 0 Å². The van der Waals surface area contributed by atoms with Crippen LogP contribution in [0, 0.1) is 0 Å². The Bertz CT molecular complexity index is 456. The largest absolute Gasteiger partial charge is 0.339 e. The Morgan fingerprint density at radius 3 is 2.50 bits per heavy atom. The molecule has 0 radical (unpaired) electrons. The maximum Gasteiger partial charge on any atom is 0.241 e. The fourth-order valence-corrected chi connectivity index (χ4v) is 2.87. The first kappa shape index (κ1) is 13.5. The van der Waals surface area contributed by atoms with Crippen LogP contribution in [0.4, 0.5) is 0 Å². The molecule has 5 heteroatoms. The Labute approximate surface area is 119 Å². The molecule has 1 aromatic carbocycles. The number of carbonyl (C=O) groups is 1. The van der Waals surface area contributed by atoms with Crippen LogP contribution < -0.4 is 10.9 Å². The first-order valence-corrected chi connectivity index (χ1v) is 7.27. The van der Waals surface area contributed by atoms with Crippen molar-refractivity contribution in [2.75, 3.05) is 33.2 Å². The second kappa shape index (κ2) is 5.91. The summed E-state index contributed by atoms with van der Waals surface area (Å²) < 4.78 is 0. The second-order valence-electron chi connectivity index (χ2n) is 5.67. The molecule has 0 aromatic heterocycles. The molecule has 108 valence electrons. The Kier molecular flexibility index (Phi) is 4.00. The van der Waals surface area contributed by atoms with Crippen molar-refractivity contribution in [2.45, 2.75) is 18.5 Å². The number of amides is 1. The molecule has 2 aliphatic heterocycles. The van der Waals surface area contributed by atoms with Crippen LogP contribution in [-0.4, -0.2) is 55.0 Å². The van der Waals surface area contributed by atoms with Gasteiger partial charge in [0.15, 0.2) is 0 Å². The number of hydrogen-bond acceptors (Lipinski definition) is 4. The molecular weight excluding hydrogens is 252 g/mol. The number of piperazine rings is 1. The molecule has 3 rings (SSSR count). The van der Waals surface area contributed by atoms with Crippen molar-refractivity contribution in [2.24, 2.45) is 0 Å². The van der Waals surface area contributed by atoms with Crippen LogP contribution in [0.25, 0.3) is 0 Å². The van der Waals surface area contributed by atoms with Gasteiger partial charge in [0.25, 0.3) is 0 Å². The molecule has 2 heterocycles. The Morgan fingerprint density at radius 1 is 1.10 bits per heavy atom. The lowest BCUT2D eigenvalue weighted by molar-refractivity contribution is -0.134. The topological polar surface area (TPSA) is 47.6 Å². The lowest BCUT2D eigenvalue weighted by Gasteiger charge is -2.33. The lowest BCUT2D eigenvalue weighted by atomic mass is 10.0. The number of likely N-dealkylation sites (N-methyl/N-ethyl adjacent to an activating group) is 1. The maximum absolute atomic E-state index is 12.5. The molecule has 2 N–H and O–H groups in total. The maximum atomic E-state index is 12.5.